The summed E-state index contributed by atoms with van der Waals surface area (Å²) < 4.78 is 15.5. The van der Waals surface area contributed by atoms with E-state index < -0.39 is 25.0 Å². The van der Waals surface area contributed by atoms with Crippen LogP contribution < -0.4 is 10.6 Å². The molecule has 3 amide bonds. The third-order valence-corrected chi connectivity index (χ3v) is 1.55. The van der Waals surface area contributed by atoms with Crippen LogP contribution in [0, 0.1) is 0 Å². The molecule has 0 bridgehead atoms. The number of hydrogen-bond donors (Lipinski definition) is 2. The number of carbonyl (C=O) groups excluding carboxylic acids is 3. The number of amides is 3. The van der Waals surface area contributed by atoms with E-state index in [0.29, 0.717) is 0 Å². The maximum Gasteiger partial charge on any atom is 0.408 e. The van der Waals surface area contributed by atoms with Crippen molar-refractivity contribution in [2.24, 2.45) is 0 Å². The highest BCUT2D eigenvalue weighted by molar-refractivity contribution is 5.75. The molecule has 0 atom stereocenters. The number of rotatable bonds is 4. The Morgan fingerprint density at radius 3 is 1.88 bits per heavy atom. The van der Waals surface area contributed by atoms with Crippen molar-refractivity contribution in [1.82, 2.24) is 15.5 Å². The van der Waals surface area contributed by atoms with Crippen LogP contribution in [0.15, 0.2) is 0 Å². The summed E-state index contributed by atoms with van der Waals surface area (Å²) in [5, 5.41) is 4.52. The van der Waals surface area contributed by atoms with Crippen LogP contribution in [0.3, 0.4) is 0 Å². The second-order valence-electron chi connectivity index (χ2n) is 2.59. The predicted octanol–water partition coefficient (Wildman–Crippen LogP) is -0.538. The first-order chi connectivity index (χ1) is 8.04. The molecule has 0 saturated carbocycles. The number of carbonyl (C=O) groups is 3. The Labute approximate surface area is 94.3 Å². The van der Waals surface area contributed by atoms with Crippen LogP contribution in [0.4, 0.5) is 9.59 Å². The number of nitrogens with zero attached hydrogens (tertiary/aromatic N) is 1. The molecule has 92 valence electrons. The van der Waals surface area contributed by atoms with Crippen molar-refractivity contribution in [3.63, 3.8) is 0 Å². The average molecular weight is 234 g/mol. The minimum Gasteiger partial charge on any atom is -0.453 e. The first kappa shape index (κ1) is 12.1. The van der Waals surface area contributed by atoms with Crippen molar-refractivity contribution >= 4 is 18.1 Å². The highest BCUT2D eigenvalue weighted by Gasteiger charge is 2.11. The summed E-state index contributed by atoms with van der Waals surface area (Å²) in [6.45, 7) is -0.839. The van der Waals surface area contributed by atoms with Gasteiger partial charge in [-0.3, -0.25) is 4.79 Å². The van der Waals surface area contributed by atoms with Gasteiger partial charge in [-0.05, 0) is 0 Å². The molecule has 0 saturated heterocycles. The molecule has 0 unspecified atom stereocenters. The molecule has 0 aliphatic rings. The molecule has 0 aliphatic heterocycles. The molecule has 0 heterocycles. The molecule has 8 nitrogen and oxygen atoms in total. The summed E-state index contributed by atoms with van der Waals surface area (Å²) in [7, 11) is 2.36. The van der Waals surface area contributed by atoms with Crippen LogP contribution in [0.1, 0.15) is 8.27 Å². The Hall–Kier alpha value is -1.99. The number of ether oxygens (including phenoxy) is 2. The van der Waals surface area contributed by atoms with Gasteiger partial charge in [0.1, 0.15) is 0 Å². The summed E-state index contributed by atoms with van der Waals surface area (Å²) in [5.41, 5.74) is 0. The van der Waals surface area contributed by atoms with Gasteiger partial charge >= 0.3 is 12.2 Å². The molecular formula is C8H15N3O5. The molecule has 0 radical (unpaired) electrons. The van der Waals surface area contributed by atoms with Gasteiger partial charge in [0.05, 0.1) is 27.6 Å². The zero-order valence-electron chi connectivity index (χ0n) is 10.1. The van der Waals surface area contributed by atoms with Crippen molar-refractivity contribution < 1.29 is 25.2 Å². The number of methoxy groups -OCH3 is 2. The van der Waals surface area contributed by atoms with E-state index in [-0.39, 0.29) is 13.3 Å². The maximum atomic E-state index is 11.3. The topological polar surface area (TPSA) is 97.0 Å². The zero-order valence-corrected chi connectivity index (χ0v) is 9.11. The minimum absolute atomic E-state index is 0.172. The maximum absolute atomic E-state index is 11.3. The van der Waals surface area contributed by atoms with E-state index in [2.05, 4.69) is 20.1 Å². The molecule has 0 aromatic rings. The van der Waals surface area contributed by atoms with Gasteiger partial charge in [0.15, 0.2) is 0 Å². The van der Waals surface area contributed by atoms with Gasteiger partial charge in [0.25, 0.3) is 0 Å². The molecule has 0 aromatic heterocycles. The first-order valence-corrected chi connectivity index (χ1v) is 4.25. The molecule has 0 aromatic carbocycles. The summed E-state index contributed by atoms with van der Waals surface area (Å²) in [6, 6.07) is 0. The van der Waals surface area contributed by atoms with Crippen LogP contribution in [0.5, 0.6) is 0 Å². The lowest BCUT2D eigenvalue weighted by Gasteiger charge is -2.20. The van der Waals surface area contributed by atoms with Crippen molar-refractivity contribution in [1.29, 1.82) is 0 Å². The van der Waals surface area contributed by atoms with Crippen molar-refractivity contribution in [2.45, 2.75) is 6.90 Å². The monoisotopic (exact) mass is 234 g/mol. The largest absolute Gasteiger partial charge is 0.453 e. The van der Waals surface area contributed by atoms with Crippen LogP contribution in [0.2, 0.25) is 0 Å². The minimum atomic E-state index is -0.717. The van der Waals surface area contributed by atoms with Crippen molar-refractivity contribution in [3.05, 3.63) is 0 Å². The fourth-order valence-corrected chi connectivity index (χ4v) is 0.697. The summed E-state index contributed by atoms with van der Waals surface area (Å²) in [4.78, 5) is 33.9. The van der Waals surface area contributed by atoms with Gasteiger partial charge in [-0.25, -0.2) is 9.59 Å². The predicted molar refractivity (Wildman–Crippen MR) is 53.3 cm³/mol. The van der Waals surface area contributed by atoms with E-state index in [1.54, 1.807) is 0 Å². The Balaban J connectivity index is 4.19. The molecular weight excluding hydrogens is 218 g/mol. The first-order valence-electron chi connectivity index (χ1n) is 4.96. The van der Waals surface area contributed by atoms with Gasteiger partial charge in [-0.2, -0.15) is 0 Å². The molecule has 8 heteroatoms. The van der Waals surface area contributed by atoms with Crippen molar-refractivity contribution in [3.8, 4) is 0 Å². The van der Waals surface area contributed by atoms with E-state index in [0.717, 1.165) is 4.90 Å². The molecule has 16 heavy (non-hydrogen) atoms. The average Bonchev–Trinajstić information content (AvgIpc) is 2.36. The smallest absolute Gasteiger partial charge is 0.408 e. The second-order valence-corrected chi connectivity index (χ2v) is 2.59. The van der Waals surface area contributed by atoms with Crippen LogP contribution in [0.25, 0.3) is 0 Å². The molecule has 0 spiro atoms. The van der Waals surface area contributed by atoms with E-state index in [9.17, 15) is 14.4 Å². The zero-order chi connectivity index (χ0) is 13.3. The van der Waals surface area contributed by atoms with Gasteiger partial charge < -0.3 is 25.0 Å². The molecule has 0 fully saturated rings. The Morgan fingerprint density at radius 2 is 1.56 bits per heavy atom. The molecule has 0 rings (SSSR count). The van der Waals surface area contributed by atoms with Gasteiger partial charge in [0.2, 0.25) is 5.91 Å². The standard InChI is InChI=1S/C8H15N3O5/c1-6(12)11(4-9-7(13)15-2)5-10-8(14)16-3/h4-5H2,1-3H3,(H,9,13)(H,10,14)/i1D. The van der Waals surface area contributed by atoms with Gasteiger partial charge in [-0.15, -0.1) is 0 Å². The Morgan fingerprint density at radius 1 is 1.12 bits per heavy atom. The quantitative estimate of drug-likeness (QED) is 0.637. The lowest BCUT2D eigenvalue weighted by atomic mass is 10.6. The highest BCUT2D eigenvalue weighted by atomic mass is 16.5. The SMILES string of the molecule is [2H]CC(=O)N(CNC(=O)OC)CNC(=O)OC. The number of nitrogens with one attached hydrogen (secondary N) is 2. The Bertz CT molecular complexity index is 266. The fraction of sp³-hybridized carbons (Fsp3) is 0.625. The van der Waals surface area contributed by atoms with Crippen LogP contribution >= 0.6 is 0 Å². The van der Waals surface area contributed by atoms with Crippen LogP contribution in [-0.2, 0) is 14.3 Å². The highest BCUT2D eigenvalue weighted by Crippen LogP contribution is 1.86. The van der Waals surface area contributed by atoms with E-state index in [1.807, 2.05) is 0 Å². The van der Waals surface area contributed by atoms with Crippen molar-refractivity contribution in [2.75, 3.05) is 27.6 Å². The third-order valence-electron chi connectivity index (χ3n) is 1.55. The summed E-state index contributed by atoms with van der Waals surface area (Å²) in [6.07, 6.45) is -1.43. The fourth-order valence-electron chi connectivity index (χ4n) is 0.697. The van der Waals surface area contributed by atoms with Crippen LogP contribution in [-0.4, -0.2) is 50.6 Å². The van der Waals surface area contributed by atoms with Gasteiger partial charge in [0, 0.05) is 8.27 Å². The molecule has 2 N–H and O–H groups in total. The van der Waals surface area contributed by atoms with E-state index in [1.165, 1.54) is 14.2 Å². The Kier molecular flexibility index (Phi) is 5.53. The number of alkyl carbamates (subject to hydrolysis) is 2. The molecule has 0 aliphatic carbocycles. The van der Waals surface area contributed by atoms with E-state index >= 15 is 0 Å². The number of hydrogen-bond acceptors (Lipinski definition) is 5. The third kappa shape index (κ3) is 5.68. The summed E-state index contributed by atoms with van der Waals surface area (Å²) in [5.74, 6) is -0.558. The lowest BCUT2D eigenvalue weighted by Crippen LogP contribution is -2.46. The normalized spacial score (nSPS) is 9.75. The van der Waals surface area contributed by atoms with E-state index in [4.69, 9.17) is 1.37 Å². The summed E-state index contributed by atoms with van der Waals surface area (Å²) >= 11 is 0. The second kappa shape index (κ2) is 7.32. The van der Waals surface area contributed by atoms with Gasteiger partial charge in [-0.1, -0.05) is 0 Å². The lowest BCUT2D eigenvalue weighted by molar-refractivity contribution is -0.129.